The number of benzene rings is 1. The monoisotopic (exact) mass is 283 g/mol. The van der Waals surface area contributed by atoms with E-state index in [1.54, 1.807) is 17.8 Å². The van der Waals surface area contributed by atoms with Crippen molar-refractivity contribution in [3.05, 3.63) is 33.9 Å². The second-order valence-corrected chi connectivity index (χ2v) is 5.62. The molecule has 0 spiro atoms. The molecule has 19 heavy (non-hydrogen) atoms. The van der Waals surface area contributed by atoms with E-state index in [0.717, 1.165) is 31.6 Å². The molecule has 1 aromatic carbocycles. The topological polar surface area (TPSA) is 90.4 Å². The van der Waals surface area contributed by atoms with Crippen molar-refractivity contribution in [1.29, 1.82) is 0 Å². The molecule has 1 aliphatic heterocycles. The van der Waals surface area contributed by atoms with Crippen molar-refractivity contribution in [2.24, 2.45) is 5.84 Å². The van der Waals surface area contributed by atoms with Crippen LogP contribution in [0.1, 0.15) is 18.4 Å². The Bertz CT molecular complexity index is 450. The Kier molecular flexibility index (Phi) is 5.00. The molecule has 104 valence electrons. The minimum absolute atomic E-state index is 0.0209. The first-order valence-electron chi connectivity index (χ1n) is 6.14. The molecule has 3 N–H and O–H groups in total. The molecule has 0 aromatic heterocycles. The van der Waals surface area contributed by atoms with E-state index >= 15 is 0 Å². The van der Waals surface area contributed by atoms with Crippen LogP contribution in [0.4, 0.5) is 11.4 Å². The van der Waals surface area contributed by atoms with E-state index in [2.05, 4.69) is 5.43 Å². The van der Waals surface area contributed by atoms with Crippen LogP contribution in [0.15, 0.2) is 18.2 Å². The molecule has 0 bridgehead atoms. The number of hydrogen-bond donors (Lipinski definition) is 2. The van der Waals surface area contributed by atoms with Gasteiger partial charge in [-0.2, -0.15) is 11.8 Å². The Hall–Kier alpha value is -1.31. The number of nitrogens with zero attached hydrogens (tertiary/aromatic N) is 1. The van der Waals surface area contributed by atoms with Gasteiger partial charge >= 0.3 is 0 Å². The van der Waals surface area contributed by atoms with Crippen LogP contribution in [0.5, 0.6) is 0 Å². The maximum Gasteiger partial charge on any atom is 0.293 e. The molecular formula is C12H17N3O3S. The highest BCUT2D eigenvalue weighted by molar-refractivity contribution is 7.99. The van der Waals surface area contributed by atoms with Crippen molar-refractivity contribution in [3.63, 3.8) is 0 Å². The molecule has 7 heteroatoms. The van der Waals surface area contributed by atoms with Crippen molar-refractivity contribution in [2.45, 2.75) is 23.8 Å². The lowest BCUT2D eigenvalue weighted by atomic mass is 10.2. The van der Waals surface area contributed by atoms with Gasteiger partial charge in [-0.15, -0.1) is 0 Å². The molecule has 0 aliphatic carbocycles. The fourth-order valence-corrected chi connectivity index (χ4v) is 3.26. The summed E-state index contributed by atoms with van der Waals surface area (Å²) >= 11 is 1.80. The van der Waals surface area contributed by atoms with Crippen LogP contribution in [0, 0.1) is 10.1 Å². The number of nitrogens with one attached hydrogen (secondary N) is 1. The van der Waals surface area contributed by atoms with Gasteiger partial charge in [-0.3, -0.25) is 16.0 Å². The van der Waals surface area contributed by atoms with E-state index < -0.39 is 4.92 Å². The average Bonchev–Trinajstić information content (AvgIpc) is 2.45. The first kappa shape index (κ1) is 14.1. The molecule has 0 saturated carbocycles. The van der Waals surface area contributed by atoms with Gasteiger partial charge in [-0.25, -0.2) is 0 Å². The van der Waals surface area contributed by atoms with Gasteiger partial charge < -0.3 is 10.2 Å². The Labute approximate surface area is 115 Å². The number of nitro benzene ring substituents is 1. The molecule has 0 atom stereocenters. The van der Waals surface area contributed by atoms with Crippen LogP contribution in [0.3, 0.4) is 0 Å². The number of hydrogen-bond acceptors (Lipinski definition) is 6. The first-order valence-corrected chi connectivity index (χ1v) is 7.19. The lowest BCUT2D eigenvalue weighted by Crippen LogP contribution is -2.18. The summed E-state index contributed by atoms with van der Waals surface area (Å²) in [6.45, 7) is 1.60. The molecule has 1 aliphatic rings. The maximum absolute atomic E-state index is 10.9. The van der Waals surface area contributed by atoms with E-state index in [9.17, 15) is 10.1 Å². The summed E-state index contributed by atoms with van der Waals surface area (Å²) in [6, 6.07) is 5.02. The number of nitrogen functional groups attached to an aromatic ring is 1. The third kappa shape index (κ3) is 3.59. The minimum atomic E-state index is -0.419. The highest BCUT2D eigenvalue weighted by Gasteiger charge is 2.19. The van der Waals surface area contributed by atoms with Crippen LogP contribution in [-0.2, 0) is 10.5 Å². The highest BCUT2D eigenvalue weighted by Crippen LogP contribution is 2.32. The third-order valence-corrected chi connectivity index (χ3v) is 4.53. The fourth-order valence-electron chi connectivity index (χ4n) is 2.08. The van der Waals surface area contributed by atoms with E-state index in [4.69, 9.17) is 10.6 Å². The van der Waals surface area contributed by atoms with Gasteiger partial charge in [0, 0.05) is 30.3 Å². The predicted molar refractivity (Wildman–Crippen MR) is 76.0 cm³/mol. The van der Waals surface area contributed by atoms with Crippen LogP contribution >= 0.6 is 11.8 Å². The molecule has 1 saturated heterocycles. The lowest BCUT2D eigenvalue weighted by Gasteiger charge is -2.21. The zero-order chi connectivity index (χ0) is 13.7. The summed E-state index contributed by atoms with van der Waals surface area (Å²) in [5.41, 5.74) is 3.75. The molecule has 0 unspecified atom stereocenters. The van der Waals surface area contributed by atoms with E-state index in [-0.39, 0.29) is 5.69 Å². The number of para-hydroxylation sites is 1. The fraction of sp³-hybridized carbons (Fsp3) is 0.500. The quantitative estimate of drug-likeness (QED) is 0.489. The van der Waals surface area contributed by atoms with Crippen molar-refractivity contribution in [2.75, 3.05) is 18.6 Å². The summed E-state index contributed by atoms with van der Waals surface area (Å²) < 4.78 is 5.31. The third-order valence-electron chi connectivity index (χ3n) is 3.11. The van der Waals surface area contributed by atoms with Crippen molar-refractivity contribution < 1.29 is 9.66 Å². The normalized spacial score (nSPS) is 16.3. The summed E-state index contributed by atoms with van der Waals surface area (Å²) in [7, 11) is 0. The van der Waals surface area contributed by atoms with Gasteiger partial charge in [0.1, 0.15) is 5.69 Å². The Morgan fingerprint density at radius 1 is 1.47 bits per heavy atom. The first-order chi connectivity index (χ1) is 9.22. The largest absolute Gasteiger partial charge is 0.381 e. The molecule has 1 heterocycles. The number of nitrogens with two attached hydrogens (primary N) is 1. The van der Waals surface area contributed by atoms with E-state index in [0.29, 0.717) is 16.7 Å². The second kappa shape index (κ2) is 6.74. The summed E-state index contributed by atoms with van der Waals surface area (Å²) in [6.07, 6.45) is 2.07. The lowest BCUT2D eigenvalue weighted by molar-refractivity contribution is -0.384. The zero-order valence-electron chi connectivity index (χ0n) is 10.5. The van der Waals surface area contributed by atoms with Crippen molar-refractivity contribution in [1.82, 2.24) is 0 Å². The number of rotatable bonds is 5. The summed E-state index contributed by atoms with van der Waals surface area (Å²) in [5.74, 6) is 6.13. The summed E-state index contributed by atoms with van der Waals surface area (Å²) in [4.78, 5) is 10.5. The summed E-state index contributed by atoms with van der Waals surface area (Å²) in [5, 5.41) is 11.5. The van der Waals surface area contributed by atoms with E-state index in [1.165, 1.54) is 6.07 Å². The average molecular weight is 283 g/mol. The number of nitro groups is 1. The Morgan fingerprint density at radius 2 is 2.21 bits per heavy atom. The Morgan fingerprint density at radius 3 is 2.84 bits per heavy atom. The van der Waals surface area contributed by atoms with Crippen LogP contribution in [0.2, 0.25) is 0 Å². The molecule has 0 radical (unpaired) electrons. The van der Waals surface area contributed by atoms with Gasteiger partial charge in [0.2, 0.25) is 0 Å². The number of ether oxygens (including phenoxy) is 1. The van der Waals surface area contributed by atoms with Crippen LogP contribution < -0.4 is 11.3 Å². The minimum Gasteiger partial charge on any atom is -0.381 e. The van der Waals surface area contributed by atoms with Gasteiger partial charge in [0.15, 0.2) is 0 Å². The SMILES string of the molecule is NNc1c(CSC2CCOCC2)cccc1[N+](=O)[O-]. The predicted octanol–water partition coefficient (Wildman–Crippen LogP) is 2.29. The molecular weight excluding hydrogens is 266 g/mol. The molecule has 2 rings (SSSR count). The van der Waals surface area contributed by atoms with Gasteiger partial charge in [0.25, 0.3) is 5.69 Å². The highest BCUT2D eigenvalue weighted by atomic mass is 32.2. The Balaban J connectivity index is 2.06. The van der Waals surface area contributed by atoms with E-state index in [1.807, 2.05) is 6.07 Å². The molecule has 1 aromatic rings. The van der Waals surface area contributed by atoms with Crippen molar-refractivity contribution >= 4 is 23.1 Å². The number of thioether (sulfide) groups is 1. The smallest absolute Gasteiger partial charge is 0.293 e. The maximum atomic E-state index is 10.9. The standard InChI is InChI=1S/C12H17N3O3S/c13-14-12-9(2-1-3-11(12)15(16)17)8-19-10-4-6-18-7-5-10/h1-3,10,14H,4-8,13H2. The van der Waals surface area contributed by atoms with Gasteiger partial charge in [0.05, 0.1) is 4.92 Å². The number of hydrazine groups is 1. The van der Waals surface area contributed by atoms with Gasteiger partial charge in [-0.05, 0) is 18.4 Å². The number of anilines is 1. The van der Waals surface area contributed by atoms with Gasteiger partial charge in [-0.1, -0.05) is 12.1 Å². The zero-order valence-corrected chi connectivity index (χ0v) is 11.3. The molecule has 1 fully saturated rings. The van der Waals surface area contributed by atoms with Crippen molar-refractivity contribution in [3.8, 4) is 0 Å². The second-order valence-electron chi connectivity index (χ2n) is 4.34. The van der Waals surface area contributed by atoms with Crippen LogP contribution in [0.25, 0.3) is 0 Å². The van der Waals surface area contributed by atoms with Crippen LogP contribution in [-0.4, -0.2) is 23.4 Å². The molecule has 0 amide bonds. The molecule has 6 nitrogen and oxygen atoms in total.